The maximum atomic E-state index is 12.1. The lowest BCUT2D eigenvalue weighted by Gasteiger charge is -2.13. The number of aryl methyl sites for hydroxylation is 1. The Morgan fingerprint density at radius 1 is 1.35 bits per heavy atom. The van der Waals surface area contributed by atoms with Crippen LogP contribution in [0.1, 0.15) is 16.1 Å². The van der Waals surface area contributed by atoms with Crippen LogP contribution in [0, 0.1) is 6.92 Å². The van der Waals surface area contributed by atoms with E-state index in [9.17, 15) is 4.79 Å². The summed E-state index contributed by atoms with van der Waals surface area (Å²) in [6, 6.07) is 3.65. The fraction of sp³-hybridized carbons (Fsp3) is 0.154. The van der Waals surface area contributed by atoms with Gasteiger partial charge in [-0.25, -0.2) is 9.97 Å². The Bertz CT molecular complexity index is 647. The zero-order chi connectivity index (χ0) is 14.7. The van der Waals surface area contributed by atoms with Crippen LogP contribution in [-0.2, 0) is 0 Å². The summed E-state index contributed by atoms with van der Waals surface area (Å²) < 4.78 is 6.13. The van der Waals surface area contributed by atoms with Gasteiger partial charge in [-0.2, -0.15) is 0 Å². The average molecular weight is 357 g/mol. The van der Waals surface area contributed by atoms with Gasteiger partial charge in [0, 0.05) is 4.47 Å². The summed E-state index contributed by atoms with van der Waals surface area (Å²) in [5.74, 6) is 0.185. The van der Waals surface area contributed by atoms with E-state index in [1.165, 1.54) is 12.4 Å². The van der Waals surface area contributed by atoms with E-state index in [0.717, 1.165) is 10.0 Å². The van der Waals surface area contributed by atoms with Crippen LogP contribution in [0.5, 0.6) is 5.75 Å². The van der Waals surface area contributed by atoms with Gasteiger partial charge in [0.25, 0.3) is 5.91 Å². The number of aromatic nitrogens is 2. The zero-order valence-electron chi connectivity index (χ0n) is 10.8. The molecule has 104 valence electrons. The molecule has 1 N–H and O–H groups in total. The predicted molar refractivity (Wildman–Crippen MR) is 80.4 cm³/mol. The summed E-state index contributed by atoms with van der Waals surface area (Å²) in [5.41, 5.74) is 1.64. The summed E-state index contributed by atoms with van der Waals surface area (Å²) in [5, 5.41) is 3.00. The van der Waals surface area contributed by atoms with Crippen molar-refractivity contribution in [2.24, 2.45) is 0 Å². The number of benzene rings is 1. The molecule has 2 rings (SSSR count). The number of hydrogen-bond acceptors (Lipinski definition) is 4. The molecule has 1 aromatic carbocycles. The van der Waals surface area contributed by atoms with Gasteiger partial charge in [0.2, 0.25) is 0 Å². The van der Waals surface area contributed by atoms with Crippen molar-refractivity contribution in [3.05, 3.63) is 45.4 Å². The number of carbonyl (C=O) groups is 1. The first-order chi connectivity index (χ1) is 9.51. The molecule has 0 fully saturated rings. The Kier molecular flexibility index (Phi) is 4.57. The largest absolute Gasteiger partial charge is 0.495 e. The molecule has 0 radical (unpaired) electrons. The van der Waals surface area contributed by atoms with Crippen LogP contribution in [0.15, 0.2) is 29.0 Å². The maximum absolute atomic E-state index is 12.1. The summed E-state index contributed by atoms with van der Waals surface area (Å²) in [4.78, 5) is 19.9. The molecule has 0 atom stereocenters. The molecule has 5 nitrogen and oxygen atoms in total. The van der Waals surface area contributed by atoms with E-state index < -0.39 is 0 Å². The second kappa shape index (κ2) is 6.19. The van der Waals surface area contributed by atoms with Crippen LogP contribution in [-0.4, -0.2) is 23.0 Å². The minimum absolute atomic E-state index is 0.179. The lowest BCUT2D eigenvalue weighted by Crippen LogP contribution is -2.15. The van der Waals surface area contributed by atoms with E-state index >= 15 is 0 Å². The van der Waals surface area contributed by atoms with Gasteiger partial charge in [-0.15, -0.1) is 0 Å². The lowest BCUT2D eigenvalue weighted by atomic mass is 10.2. The van der Waals surface area contributed by atoms with Crippen molar-refractivity contribution in [2.45, 2.75) is 6.92 Å². The van der Waals surface area contributed by atoms with E-state index in [-0.39, 0.29) is 16.8 Å². The Labute approximate surface area is 129 Å². The van der Waals surface area contributed by atoms with Gasteiger partial charge in [-0.1, -0.05) is 27.5 Å². The molecule has 0 unspecified atom stereocenters. The second-order valence-electron chi connectivity index (χ2n) is 3.98. The van der Waals surface area contributed by atoms with Crippen molar-refractivity contribution in [3.63, 3.8) is 0 Å². The normalized spacial score (nSPS) is 10.2. The van der Waals surface area contributed by atoms with Crippen molar-refractivity contribution < 1.29 is 9.53 Å². The summed E-state index contributed by atoms with van der Waals surface area (Å²) in [7, 11) is 1.54. The molecule has 0 spiro atoms. The summed E-state index contributed by atoms with van der Waals surface area (Å²) in [6.07, 6.45) is 2.64. The maximum Gasteiger partial charge on any atom is 0.275 e. The molecule has 0 aliphatic rings. The monoisotopic (exact) mass is 355 g/mol. The standard InChI is InChI=1S/C13H11BrClN3O2/c1-7-3-8(14)4-10(20-2)12(7)18-13(19)9-5-17-11(15)6-16-9/h3-6H,1-2H3,(H,18,19). The van der Waals surface area contributed by atoms with Crippen LogP contribution < -0.4 is 10.1 Å². The second-order valence-corrected chi connectivity index (χ2v) is 5.28. The SMILES string of the molecule is COc1cc(Br)cc(C)c1NC(=O)c1cnc(Cl)cn1. The molecule has 0 saturated carbocycles. The number of rotatable bonds is 3. The number of carbonyl (C=O) groups excluding carboxylic acids is 1. The van der Waals surface area contributed by atoms with Gasteiger partial charge in [0.05, 0.1) is 25.2 Å². The highest BCUT2D eigenvalue weighted by atomic mass is 79.9. The topological polar surface area (TPSA) is 64.1 Å². The molecule has 1 aromatic heterocycles. The molecule has 2 aromatic rings. The van der Waals surface area contributed by atoms with Crippen molar-refractivity contribution in [2.75, 3.05) is 12.4 Å². The number of anilines is 1. The molecule has 0 saturated heterocycles. The minimum Gasteiger partial charge on any atom is -0.495 e. The van der Waals surface area contributed by atoms with E-state index in [1.54, 1.807) is 13.2 Å². The smallest absolute Gasteiger partial charge is 0.275 e. The molecule has 0 bridgehead atoms. The lowest BCUT2D eigenvalue weighted by molar-refractivity contribution is 0.102. The van der Waals surface area contributed by atoms with Gasteiger partial charge in [0.1, 0.15) is 16.6 Å². The molecule has 7 heteroatoms. The number of nitrogens with one attached hydrogen (secondary N) is 1. The van der Waals surface area contributed by atoms with Gasteiger partial charge < -0.3 is 10.1 Å². The van der Waals surface area contributed by atoms with Crippen molar-refractivity contribution in [3.8, 4) is 5.75 Å². The number of ether oxygens (including phenoxy) is 1. The van der Waals surface area contributed by atoms with Crippen molar-refractivity contribution in [1.82, 2.24) is 9.97 Å². The third kappa shape index (κ3) is 3.26. The Hall–Kier alpha value is -1.66. The van der Waals surface area contributed by atoms with Gasteiger partial charge in [0.15, 0.2) is 0 Å². The van der Waals surface area contributed by atoms with Crippen LogP contribution in [0.3, 0.4) is 0 Å². The van der Waals surface area contributed by atoms with Crippen LogP contribution in [0.25, 0.3) is 0 Å². The zero-order valence-corrected chi connectivity index (χ0v) is 13.1. The highest BCUT2D eigenvalue weighted by Gasteiger charge is 2.14. The minimum atomic E-state index is -0.377. The molecule has 0 aliphatic heterocycles. The average Bonchev–Trinajstić information content (AvgIpc) is 2.42. The number of nitrogens with zero attached hydrogens (tertiary/aromatic N) is 2. The highest BCUT2D eigenvalue weighted by Crippen LogP contribution is 2.32. The third-order valence-corrected chi connectivity index (χ3v) is 3.23. The van der Waals surface area contributed by atoms with E-state index in [2.05, 4.69) is 31.2 Å². The Morgan fingerprint density at radius 2 is 2.10 bits per heavy atom. The van der Waals surface area contributed by atoms with Crippen molar-refractivity contribution >= 4 is 39.1 Å². The van der Waals surface area contributed by atoms with Crippen molar-refractivity contribution in [1.29, 1.82) is 0 Å². The van der Waals surface area contributed by atoms with Gasteiger partial charge >= 0.3 is 0 Å². The van der Waals surface area contributed by atoms with Crippen LogP contribution in [0.2, 0.25) is 5.15 Å². The molecular weight excluding hydrogens is 346 g/mol. The van der Waals surface area contributed by atoms with E-state index in [1.807, 2.05) is 13.0 Å². The van der Waals surface area contributed by atoms with Crippen LogP contribution >= 0.6 is 27.5 Å². The fourth-order valence-corrected chi connectivity index (χ4v) is 2.29. The molecule has 1 amide bonds. The number of halogens is 2. The van der Waals surface area contributed by atoms with Gasteiger partial charge in [-0.05, 0) is 24.6 Å². The summed E-state index contributed by atoms with van der Waals surface area (Å²) >= 11 is 9.01. The number of amides is 1. The van der Waals surface area contributed by atoms with E-state index in [0.29, 0.717) is 11.4 Å². The fourth-order valence-electron chi connectivity index (χ4n) is 1.64. The highest BCUT2D eigenvalue weighted by molar-refractivity contribution is 9.10. The number of methoxy groups -OCH3 is 1. The molecule has 20 heavy (non-hydrogen) atoms. The van der Waals surface area contributed by atoms with Gasteiger partial charge in [-0.3, -0.25) is 4.79 Å². The number of hydrogen-bond donors (Lipinski definition) is 1. The third-order valence-electron chi connectivity index (χ3n) is 2.58. The summed E-state index contributed by atoms with van der Waals surface area (Å²) in [6.45, 7) is 1.87. The first kappa shape index (κ1) is 14.7. The molecular formula is C13H11BrClN3O2. The van der Waals surface area contributed by atoms with Crippen LogP contribution in [0.4, 0.5) is 5.69 Å². The molecule has 1 heterocycles. The first-order valence-electron chi connectivity index (χ1n) is 5.64. The first-order valence-corrected chi connectivity index (χ1v) is 6.81. The quantitative estimate of drug-likeness (QED) is 0.914. The Balaban J connectivity index is 2.30. The predicted octanol–water partition coefficient (Wildman–Crippen LogP) is 3.46. The molecule has 0 aliphatic carbocycles. The van der Waals surface area contributed by atoms with E-state index in [4.69, 9.17) is 16.3 Å². The Morgan fingerprint density at radius 3 is 2.70 bits per heavy atom.